The van der Waals surface area contributed by atoms with Crippen LogP contribution in [0.2, 0.25) is 0 Å². The maximum Gasteiger partial charge on any atom is 0.136 e. The predicted molar refractivity (Wildman–Crippen MR) is 125 cm³/mol. The minimum Gasteiger partial charge on any atom is -0.385 e. The summed E-state index contributed by atoms with van der Waals surface area (Å²) in [7, 11) is 0. The summed E-state index contributed by atoms with van der Waals surface area (Å²) in [6.45, 7) is 3.98. The van der Waals surface area contributed by atoms with Crippen LogP contribution in [0.3, 0.4) is 0 Å². The number of carbonyl (C=O) groups is 1. The van der Waals surface area contributed by atoms with Crippen molar-refractivity contribution in [3.8, 4) is 6.07 Å². The summed E-state index contributed by atoms with van der Waals surface area (Å²) in [6.07, 6.45) is 6.48. The molecule has 1 aliphatic carbocycles. The minimum atomic E-state index is -1.14. The van der Waals surface area contributed by atoms with Gasteiger partial charge in [-0.1, -0.05) is 30.3 Å². The summed E-state index contributed by atoms with van der Waals surface area (Å²) < 4.78 is 2.34. The van der Waals surface area contributed by atoms with Crippen molar-refractivity contribution in [2.24, 2.45) is 0 Å². The average molecular weight is 430 g/mol. The standard InChI is InChI=1S/C27H31N3O2/c1-26(15-8-16-26)30-24-17-20(19-28)13-14-23(24)29-25(30)12-7-6-11-22(31)18-27(2,32)21-9-4-3-5-10-21/h3-5,9-10,13-14,17,32H,6-8,11-12,15-16,18H2,1-2H3. The molecule has 5 nitrogen and oxygen atoms in total. The fourth-order valence-corrected chi connectivity index (χ4v) is 4.85. The smallest absolute Gasteiger partial charge is 0.136 e. The molecule has 3 aromatic rings. The zero-order valence-electron chi connectivity index (χ0n) is 19.0. The fourth-order valence-electron chi connectivity index (χ4n) is 4.85. The van der Waals surface area contributed by atoms with Crippen molar-refractivity contribution >= 4 is 16.8 Å². The van der Waals surface area contributed by atoms with E-state index in [9.17, 15) is 15.2 Å². The van der Waals surface area contributed by atoms with Crippen LogP contribution >= 0.6 is 0 Å². The lowest BCUT2D eigenvalue weighted by Gasteiger charge is -2.41. The zero-order chi connectivity index (χ0) is 22.8. The maximum absolute atomic E-state index is 12.5. The van der Waals surface area contributed by atoms with Crippen LogP contribution in [-0.2, 0) is 22.4 Å². The van der Waals surface area contributed by atoms with E-state index in [1.165, 1.54) is 6.42 Å². The molecule has 1 aliphatic rings. The molecule has 1 heterocycles. The van der Waals surface area contributed by atoms with Crippen LogP contribution in [0.5, 0.6) is 0 Å². The van der Waals surface area contributed by atoms with Crippen LogP contribution < -0.4 is 0 Å². The lowest BCUT2D eigenvalue weighted by atomic mass is 9.78. The third-order valence-electron chi connectivity index (χ3n) is 6.87. The minimum absolute atomic E-state index is 0.0579. The highest BCUT2D eigenvalue weighted by Gasteiger charge is 2.36. The Kier molecular flexibility index (Phi) is 6.17. The van der Waals surface area contributed by atoms with Crippen LogP contribution in [0.4, 0.5) is 0 Å². The second-order valence-electron chi connectivity index (χ2n) is 9.59. The third-order valence-corrected chi connectivity index (χ3v) is 6.87. The lowest BCUT2D eigenvalue weighted by Crippen LogP contribution is -2.38. The number of aromatic nitrogens is 2. The highest BCUT2D eigenvalue weighted by Crippen LogP contribution is 2.42. The number of rotatable bonds is 9. The molecule has 4 rings (SSSR count). The van der Waals surface area contributed by atoms with Crippen molar-refractivity contribution in [2.75, 3.05) is 0 Å². The summed E-state index contributed by atoms with van der Waals surface area (Å²) in [6, 6.07) is 17.3. The van der Waals surface area contributed by atoms with Crippen molar-refractivity contribution in [2.45, 2.75) is 76.4 Å². The number of nitrogens with zero attached hydrogens (tertiary/aromatic N) is 3. The van der Waals surface area contributed by atoms with Crippen molar-refractivity contribution in [3.05, 3.63) is 65.5 Å². The molecular formula is C27H31N3O2. The normalized spacial score (nSPS) is 16.8. The molecular weight excluding hydrogens is 398 g/mol. The first-order valence-electron chi connectivity index (χ1n) is 11.5. The summed E-state index contributed by atoms with van der Waals surface area (Å²) >= 11 is 0. The second-order valence-corrected chi connectivity index (χ2v) is 9.59. The number of ketones is 1. The Labute approximate surface area is 189 Å². The summed E-state index contributed by atoms with van der Waals surface area (Å²) in [5, 5.41) is 20.0. The first-order chi connectivity index (χ1) is 15.3. The zero-order valence-corrected chi connectivity index (χ0v) is 19.0. The molecule has 1 saturated carbocycles. The number of fused-ring (bicyclic) bond motifs is 1. The predicted octanol–water partition coefficient (Wildman–Crippen LogP) is 5.39. The Morgan fingerprint density at radius 1 is 1.22 bits per heavy atom. The summed E-state index contributed by atoms with van der Waals surface area (Å²) in [5.74, 6) is 1.12. The van der Waals surface area contributed by atoms with Crippen LogP contribution in [-0.4, -0.2) is 20.4 Å². The topological polar surface area (TPSA) is 78.9 Å². The van der Waals surface area contributed by atoms with Gasteiger partial charge in [-0.05, 0) is 69.7 Å². The van der Waals surface area contributed by atoms with Gasteiger partial charge < -0.3 is 9.67 Å². The molecule has 0 spiro atoms. The Bertz CT molecular complexity index is 1150. The largest absolute Gasteiger partial charge is 0.385 e. The van der Waals surface area contributed by atoms with Gasteiger partial charge in [-0.2, -0.15) is 5.26 Å². The number of hydrogen-bond donors (Lipinski definition) is 1. The number of aliphatic hydroxyl groups is 1. The average Bonchev–Trinajstić information content (AvgIpc) is 3.13. The van der Waals surface area contributed by atoms with E-state index >= 15 is 0 Å². The van der Waals surface area contributed by atoms with Gasteiger partial charge >= 0.3 is 0 Å². The molecule has 1 unspecified atom stereocenters. The van der Waals surface area contributed by atoms with Gasteiger partial charge in [0.2, 0.25) is 0 Å². The Morgan fingerprint density at radius 2 is 1.97 bits per heavy atom. The molecule has 0 amide bonds. The number of aryl methyl sites for hydroxylation is 1. The quantitative estimate of drug-likeness (QED) is 0.463. The van der Waals surface area contributed by atoms with Crippen LogP contribution in [0.15, 0.2) is 48.5 Å². The van der Waals surface area contributed by atoms with E-state index in [0.29, 0.717) is 12.0 Å². The Morgan fingerprint density at radius 3 is 2.62 bits per heavy atom. The molecule has 1 atom stereocenters. The van der Waals surface area contributed by atoms with Gasteiger partial charge in [-0.25, -0.2) is 4.98 Å². The molecule has 5 heteroatoms. The van der Waals surface area contributed by atoms with Gasteiger partial charge in [-0.3, -0.25) is 4.79 Å². The SMILES string of the molecule is CC(O)(CC(=O)CCCCc1nc2ccc(C#N)cc2n1C1(C)CCC1)c1ccccc1. The van der Waals surface area contributed by atoms with Crippen molar-refractivity contribution in [1.29, 1.82) is 5.26 Å². The monoisotopic (exact) mass is 429 g/mol. The molecule has 0 saturated heterocycles. The van der Waals surface area contributed by atoms with E-state index in [1.54, 1.807) is 6.92 Å². The maximum atomic E-state index is 12.5. The number of Topliss-reactive ketones (excluding diaryl/α,β-unsaturated/α-hetero) is 1. The van der Waals surface area contributed by atoms with Crippen LogP contribution in [0.25, 0.3) is 11.0 Å². The molecule has 32 heavy (non-hydrogen) atoms. The van der Waals surface area contributed by atoms with Gasteiger partial charge in [0.05, 0.1) is 28.3 Å². The molecule has 0 radical (unpaired) electrons. The van der Waals surface area contributed by atoms with Crippen molar-refractivity contribution in [3.63, 3.8) is 0 Å². The first-order valence-corrected chi connectivity index (χ1v) is 11.5. The molecule has 2 aromatic carbocycles. The summed E-state index contributed by atoms with van der Waals surface area (Å²) in [5.41, 5.74) is 2.32. The van der Waals surface area contributed by atoms with Gasteiger partial charge in [0.25, 0.3) is 0 Å². The van der Waals surface area contributed by atoms with E-state index in [1.807, 2.05) is 48.5 Å². The van der Waals surface area contributed by atoms with Gasteiger partial charge in [-0.15, -0.1) is 0 Å². The van der Waals surface area contributed by atoms with Crippen LogP contribution in [0, 0.1) is 11.3 Å². The molecule has 0 aliphatic heterocycles. The Balaban J connectivity index is 1.40. The van der Waals surface area contributed by atoms with Crippen LogP contribution in [0.1, 0.15) is 75.7 Å². The number of nitriles is 1. The van der Waals surface area contributed by atoms with Gasteiger partial charge in [0.15, 0.2) is 0 Å². The first kappa shape index (κ1) is 22.2. The van der Waals surface area contributed by atoms with E-state index in [4.69, 9.17) is 4.98 Å². The van der Waals surface area contributed by atoms with E-state index in [0.717, 1.165) is 54.5 Å². The van der Waals surface area contributed by atoms with E-state index in [2.05, 4.69) is 17.6 Å². The highest BCUT2D eigenvalue weighted by molar-refractivity contribution is 5.80. The molecule has 1 fully saturated rings. The Hall–Kier alpha value is -2.97. The number of imidazole rings is 1. The lowest BCUT2D eigenvalue weighted by molar-refractivity contribution is -0.123. The molecule has 166 valence electrons. The third kappa shape index (κ3) is 4.47. The van der Waals surface area contributed by atoms with E-state index < -0.39 is 5.60 Å². The summed E-state index contributed by atoms with van der Waals surface area (Å²) in [4.78, 5) is 17.4. The van der Waals surface area contributed by atoms with Crippen molar-refractivity contribution in [1.82, 2.24) is 9.55 Å². The van der Waals surface area contributed by atoms with Crippen molar-refractivity contribution < 1.29 is 9.90 Å². The fraction of sp³-hybridized carbons (Fsp3) is 0.444. The molecule has 0 bridgehead atoms. The van der Waals surface area contributed by atoms with Gasteiger partial charge in [0.1, 0.15) is 11.6 Å². The van der Waals surface area contributed by atoms with Gasteiger partial charge in [0, 0.05) is 24.8 Å². The van der Waals surface area contributed by atoms with E-state index in [-0.39, 0.29) is 17.7 Å². The molecule has 1 aromatic heterocycles. The second kappa shape index (κ2) is 8.88. The number of benzene rings is 2. The molecule has 1 N–H and O–H groups in total. The number of carbonyl (C=O) groups excluding carboxylic acids is 1. The number of hydrogen-bond acceptors (Lipinski definition) is 4. The highest BCUT2D eigenvalue weighted by atomic mass is 16.3. The number of unbranched alkanes of at least 4 members (excludes halogenated alkanes) is 1.